The van der Waals surface area contributed by atoms with E-state index in [1.165, 1.54) is 6.07 Å². The normalized spacial score (nSPS) is 10.3. The van der Waals surface area contributed by atoms with Gasteiger partial charge in [-0.3, -0.25) is 4.98 Å². The molecule has 2 N–H and O–H groups in total. The summed E-state index contributed by atoms with van der Waals surface area (Å²) in [5.41, 5.74) is 2.45. The van der Waals surface area contributed by atoms with Gasteiger partial charge in [-0.2, -0.15) is 0 Å². The fourth-order valence-electron chi connectivity index (χ4n) is 2.18. The number of aromatic hydroxyl groups is 1. The topological polar surface area (TPSA) is 70.9 Å². The molecule has 0 bridgehead atoms. The van der Waals surface area contributed by atoms with Crippen LogP contribution in [0, 0.1) is 12.3 Å². The summed E-state index contributed by atoms with van der Waals surface area (Å²) in [6, 6.07) is 8.73. The molecule has 0 aliphatic carbocycles. The maximum absolute atomic E-state index is 10.2. The van der Waals surface area contributed by atoms with Gasteiger partial charge in [0.25, 0.3) is 0 Å². The Morgan fingerprint density at radius 3 is 2.81 bits per heavy atom. The monoisotopic (exact) mass is 276 g/mol. The minimum Gasteiger partial charge on any atom is -0.507 e. The SMILES string of the molecule is C#Cc1ccc(-c2nnc(NC)c3ncccc23)c(O)c1. The van der Waals surface area contributed by atoms with Gasteiger partial charge in [0.2, 0.25) is 0 Å². The van der Waals surface area contributed by atoms with Gasteiger partial charge in [0.1, 0.15) is 17.0 Å². The number of rotatable bonds is 2. The minimum atomic E-state index is 0.0714. The Hall–Kier alpha value is -3.13. The predicted molar refractivity (Wildman–Crippen MR) is 81.9 cm³/mol. The summed E-state index contributed by atoms with van der Waals surface area (Å²) in [7, 11) is 1.76. The molecule has 0 amide bonds. The number of hydrogen-bond acceptors (Lipinski definition) is 5. The van der Waals surface area contributed by atoms with Gasteiger partial charge >= 0.3 is 0 Å². The third-order valence-corrected chi connectivity index (χ3v) is 3.19. The van der Waals surface area contributed by atoms with Crippen LogP contribution in [-0.2, 0) is 0 Å². The van der Waals surface area contributed by atoms with Crippen LogP contribution in [0.2, 0.25) is 0 Å². The smallest absolute Gasteiger partial charge is 0.175 e. The van der Waals surface area contributed by atoms with Gasteiger partial charge < -0.3 is 10.4 Å². The molecule has 0 fully saturated rings. The molecule has 2 heterocycles. The fourth-order valence-corrected chi connectivity index (χ4v) is 2.18. The largest absolute Gasteiger partial charge is 0.507 e. The molecule has 0 unspecified atom stereocenters. The van der Waals surface area contributed by atoms with Crippen LogP contribution >= 0.6 is 0 Å². The minimum absolute atomic E-state index is 0.0714. The van der Waals surface area contributed by atoms with Crippen molar-refractivity contribution in [3.8, 4) is 29.4 Å². The molecule has 2 aromatic heterocycles. The standard InChI is InChI=1S/C16H12N4O/c1-3-10-6-7-11(13(21)9-10)14-12-5-4-8-18-15(12)16(17-2)20-19-14/h1,4-9,21H,2H3,(H,17,20). The number of anilines is 1. The Balaban J connectivity index is 2.29. The summed E-state index contributed by atoms with van der Waals surface area (Å²) in [5.74, 6) is 3.15. The third kappa shape index (κ3) is 2.13. The summed E-state index contributed by atoms with van der Waals surface area (Å²) in [6.07, 6.45) is 7.02. The van der Waals surface area contributed by atoms with E-state index in [2.05, 4.69) is 26.4 Å². The summed E-state index contributed by atoms with van der Waals surface area (Å²) in [5, 5.41) is 22.2. The van der Waals surface area contributed by atoms with E-state index in [0.29, 0.717) is 28.2 Å². The number of pyridine rings is 1. The average molecular weight is 276 g/mol. The summed E-state index contributed by atoms with van der Waals surface area (Å²) in [6.45, 7) is 0. The third-order valence-electron chi connectivity index (χ3n) is 3.19. The lowest BCUT2D eigenvalue weighted by Crippen LogP contribution is -2.00. The lowest BCUT2D eigenvalue weighted by Gasteiger charge is -2.09. The van der Waals surface area contributed by atoms with E-state index in [4.69, 9.17) is 6.42 Å². The zero-order valence-electron chi connectivity index (χ0n) is 11.3. The van der Waals surface area contributed by atoms with Crippen molar-refractivity contribution < 1.29 is 5.11 Å². The van der Waals surface area contributed by atoms with Gasteiger partial charge in [0.05, 0.1) is 0 Å². The van der Waals surface area contributed by atoms with Crippen LogP contribution in [0.25, 0.3) is 22.2 Å². The van der Waals surface area contributed by atoms with Crippen molar-refractivity contribution in [2.75, 3.05) is 12.4 Å². The van der Waals surface area contributed by atoms with Crippen LogP contribution in [0.15, 0.2) is 36.5 Å². The van der Waals surface area contributed by atoms with Crippen LogP contribution in [0.3, 0.4) is 0 Å². The zero-order valence-corrected chi connectivity index (χ0v) is 11.3. The number of nitrogens with zero attached hydrogens (tertiary/aromatic N) is 3. The number of fused-ring (bicyclic) bond motifs is 1. The van der Waals surface area contributed by atoms with Gasteiger partial charge in [-0.1, -0.05) is 5.92 Å². The van der Waals surface area contributed by atoms with E-state index in [-0.39, 0.29) is 5.75 Å². The van der Waals surface area contributed by atoms with Crippen LogP contribution < -0.4 is 5.32 Å². The molecule has 5 heteroatoms. The number of phenolic OH excluding ortho intramolecular Hbond substituents is 1. The highest BCUT2D eigenvalue weighted by molar-refractivity contribution is 5.98. The van der Waals surface area contributed by atoms with Crippen molar-refractivity contribution in [3.05, 3.63) is 42.1 Å². The van der Waals surface area contributed by atoms with E-state index in [9.17, 15) is 5.11 Å². The molecule has 3 aromatic rings. The van der Waals surface area contributed by atoms with Gasteiger partial charge in [-0.25, -0.2) is 0 Å². The van der Waals surface area contributed by atoms with Crippen LogP contribution in [0.4, 0.5) is 5.82 Å². The first kappa shape index (κ1) is 12.9. The lowest BCUT2D eigenvalue weighted by molar-refractivity contribution is 0.477. The first-order valence-corrected chi connectivity index (χ1v) is 6.33. The van der Waals surface area contributed by atoms with Crippen molar-refractivity contribution in [1.82, 2.24) is 15.2 Å². The van der Waals surface area contributed by atoms with Gasteiger partial charge in [0, 0.05) is 29.8 Å². The fraction of sp³-hybridized carbons (Fsp3) is 0.0625. The number of hydrogen-bond donors (Lipinski definition) is 2. The molecule has 0 saturated heterocycles. The Morgan fingerprint density at radius 1 is 1.24 bits per heavy atom. The molecule has 21 heavy (non-hydrogen) atoms. The van der Waals surface area contributed by atoms with Crippen molar-refractivity contribution in [2.45, 2.75) is 0 Å². The molecular weight excluding hydrogens is 264 g/mol. The van der Waals surface area contributed by atoms with E-state index in [1.807, 2.05) is 12.1 Å². The van der Waals surface area contributed by atoms with Crippen LogP contribution in [0.5, 0.6) is 5.75 Å². The van der Waals surface area contributed by atoms with Crippen molar-refractivity contribution >= 4 is 16.7 Å². The molecule has 5 nitrogen and oxygen atoms in total. The molecule has 0 aliphatic rings. The number of phenols is 1. The van der Waals surface area contributed by atoms with Crippen molar-refractivity contribution in [1.29, 1.82) is 0 Å². The highest BCUT2D eigenvalue weighted by atomic mass is 16.3. The number of terminal acetylenes is 1. The number of aromatic nitrogens is 3. The molecule has 102 valence electrons. The summed E-state index contributed by atoms with van der Waals surface area (Å²) >= 11 is 0. The second kappa shape index (κ2) is 5.10. The molecule has 0 atom stereocenters. The van der Waals surface area contributed by atoms with Gasteiger partial charge in [0.15, 0.2) is 5.82 Å². The Kier molecular flexibility index (Phi) is 3.13. The maximum atomic E-state index is 10.2. The predicted octanol–water partition coefficient (Wildman–Crippen LogP) is 2.42. The molecule has 3 rings (SSSR count). The van der Waals surface area contributed by atoms with E-state index >= 15 is 0 Å². The zero-order chi connectivity index (χ0) is 14.8. The van der Waals surface area contributed by atoms with Crippen LogP contribution in [-0.4, -0.2) is 27.3 Å². The first-order chi connectivity index (χ1) is 10.2. The number of nitrogens with one attached hydrogen (secondary N) is 1. The second-order valence-electron chi connectivity index (χ2n) is 4.42. The highest BCUT2D eigenvalue weighted by Crippen LogP contribution is 2.33. The molecule has 0 aliphatic heterocycles. The first-order valence-electron chi connectivity index (χ1n) is 6.33. The maximum Gasteiger partial charge on any atom is 0.175 e. The van der Waals surface area contributed by atoms with Gasteiger partial charge in [-0.15, -0.1) is 16.6 Å². The summed E-state index contributed by atoms with van der Waals surface area (Å²) < 4.78 is 0. The molecule has 0 saturated carbocycles. The molecule has 1 aromatic carbocycles. The quantitative estimate of drug-likeness (QED) is 0.703. The average Bonchev–Trinajstić information content (AvgIpc) is 2.54. The van der Waals surface area contributed by atoms with Gasteiger partial charge in [-0.05, 0) is 30.3 Å². The molecule has 0 radical (unpaired) electrons. The molecule has 0 spiro atoms. The van der Waals surface area contributed by atoms with E-state index in [0.717, 1.165) is 5.39 Å². The van der Waals surface area contributed by atoms with E-state index in [1.54, 1.807) is 25.4 Å². The Bertz CT molecular complexity index is 868. The highest BCUT2D eigenvalue weighted by Gasteiger charge is 2.14. The number of benzene rings is 1. The van der Waals surface area contributed by atoms with Crippen molar-refractivity contribution in [3.63, 3.8) is 0 Å². The lowest BCUT2D eigenvalue weighted by atomic mass is 10.0. The summed E-state index contributed by atoms with van der Waals surface area (Å²) in [4.78, 5) is 4.32. The molecular formula is C16H12N4O. The van der Waals surface area contributed by atoms with Crippen LogP contribution in [0.1, 0.15) is 5.56 Å². The Morgan fingerprint density at radius 2 is 2.10 bits per heavy atom. The second-order valence-corrected chi connectivity index (χ2v) is 4.42. The Labute approximate surface area is 121 Å². The van der Waals surface area contributed by atoms with E-state index < -0.39 is 0 Å². The van der Waals surface area contributed by atoms with Crippen molar-refractivity contribution in [2.24, 2.45) is 0 Å².